The molecule has 5 heteroatoms. The first-order valence-electron chi connectivity index (χ1n) is 8.27. The van der Waals surface area contributed by atoms with Crippen LogP contribution in [0.5, 0.6) is 0 Å². The summed E-state index contributed by atoms with van der Waals surface area (Å²) >= 11 is 0. The maximum absolute atomic E-state index is 12.2. The molecule has 1 fully saturated rings. The highest BCUT2D eigenvalue weighted by Gasteiger charge is 2.22. The summed E-state index contributed by atoms with van der Waals surface area (Å²) in [5.74, 6) is 0.845. The van der Waals surface area contributed by atoms with Crippen molar-refractivity contribution in [2.45, 2.75) is 32.6 Å². The lowest BCUT2D eigenvalue weighted by molar-refractivity contribution is -0.132. The standard InChI is InChI=1S/C18H26N2O2.ClH/c1-2-19-14-15-10-12-20(13-11-15)18(22)9-8-17(21)16-6-4-3-5-7-16;/h3-7,15,19H,2,8-14H2,1H3;1H. The number of amides is 1. The van der Waals surface area contributed by atoms with Crippen LogP contribution in [-0.2, 0) is 4.79 Å². The van der Waals surface area contributed by atoms with Gasteiger partial charge >= 0.3 is 0 Å². The molecule has 1 aliphatic heterocycles. The van der Waals surface area contributed by atoms with Crippen LogP contribution >= 0.6 is 12.4 Å². The number of hydrogen-bond acceptors (Lipinski definition) is 3. The normalized spacial score (nSPS) is 15.1. The highest BCUT2D eigenvalue weighted by molar-refractivity contribution is 5.97. The van der Waals surface area contributed by atoms with E-state index in [1.165, 1.54) is 0 Å². The van der Waals surface area contributed by atoms with Crippen LogP contribution in [0.2, 0.25) is 0 Å². The largest absolute Gasteiger partial charge is 0.343 e. The van der Waals surface area contributed by atoms with Gasteiger partial charge in [0.05, 0.1) is 0 Å². The summed E-state index contributed by atoms with van der Waals surface area (Å²) in [7, 11) is 0. The smallest absolute Gasteiger partial charge is 0.223 e. The van der Waals surface area contributed by atoms with Crippen LogP contribution in [0.25, 0.3) is 0 Å². The van der Waals surface area contributed by atoms with E-state index in [1.54, 1.807) is 12.1 Å². The van der Waals surface area contributed by atoms with E-state index in [0.29, 0.717) is 24.3 Å². The lowest BCUT2D eigenvalue weighted by atomic mass is 9.96. The van der Waals surface area contributed by atoms with Crippen LogP contribution in [0.3, 0.4) is 0 Å². The second-order valence-electron chi connectivity index (χ2n) is 5.92. The zero-order valence-electron chi connectivity index (χ0n) is 13.8. The van der Waals surface area contributed by atoms with E-state index in [-0.39, 0.29) is 24.1 Å². The van der Waals surface area contributed by atoms with Crippen molar-refractivity contribution in [1.29, 1.82) is 0 Å². The van der Waals surface area contributed by atoms with Gasteiger partial charge in [0.1, 0.15) is 0 Å². The molecule has 0 aliphatic carbocycles. The molecule has 1 heterocycles. The third-order valence-corrected chi connectivity index (χ3v) is 4.31. The Labute approximate surface area is 145 Å². The Morgan fingerprint density at radius 2 is 1.78 bits per heavy atom. The van der Waals surface area contributed by atoms with Crippen LogP contribution in [0.1, 0.15) is 43.0 Å². The number of nitrogens with one attached hydrogen (secondary N) is 1. The predicted octanol–water partition coefficient (Wildman–Crippen LogP) is 2.92. The first kappa shape index (κ1) is 19.7. The maximum Gasteiger partial charge on any atom is 0.223 e. The van der Waals surface area contributed by atoms with Crippen molar-refractivity contribution in [3.8, 4) is 0 Å². The number of piperidine rings is 1. The Balaban J connectivity index is 0.00000264. The Bertz CT molecular complexity index is 485. The van der Waals surface area contributed by atoms with Crippen LogP contribution in [0.4, 0.5) is 0 Å². The SMILES string of the molecule is CCNCC1CCN(C(=O)CCC(=O)c2ccccc2)CC1.Cl. The van der Waals surface area contributed by atoms with E-state index in [4.69, 9.17) is 0 Å². The Kier molecular flexibility index (Phi) is 8.89. The van der Waals surface area contributed by atoms with Crippen molar-refractivity contribution in [3.05, 3.63) is 35.9 Å². The molecule has 0 radical (unpaired) electrons. The van der Waals surface area contributed by atoms with E-state index in [9.17, 15) is 9.59 Å². The zero-order valence-corrected chi connectivity index (χ0v) is 14.6. The average Bonchev–Trinajstić information content (AvgIpc) is 2.58. The number of hydrogen-bond donors (Lipinski definition) is 1. The number of Topliss-reactive ketones (excluding diaryl/α,β-unsaturated/α-hetero) is 1. The van der Waals surface area contributed by atoms with Crippen molar-refractivity contribution < 1.29 is 9.59 Å². The van der Waals surface area contributed by atoms with Crippen molar-refractivity contribution in [2.75, 3.05) is 26.2 Å². The number of rotatable bonds is 7. The maximum atomic E-state index is 12.2. The molecule has 0 unspecified atom stereocenters. The third-order valence-electron chi connectivity index (χ3n) is 4.31. The fourth-order valence-corrected chi connectivity index (χ4v) is 2.88. The number of likely N-dealkylation sites (tertiary alicyclic amines) is 1. The van der Waals surface area contributed by atoms with Gasteiger partial charge in [-0.3, -0.25) is 9.59 Å². The Hall–Kier alpha value is -1.39. The minimum Gasteiger partial charge on any atom is -0.343 e. The molecule has 0 saturated carbocycles. The fraction of sp³-hybridized carbons (Fsp3) is 0.556. The first-order chi connectivity index (χ1) is 10.7. The number of carbonyl (C=O) groups excluding carboxylic acids is 2. The summed E-state index contributed by atoms with van der Waals surface area (Å²) in [6, 6.07) is 9.20. The third kappa shape index (κ3) is 6.32. The van der Waals surface area contributed by atoms with E-state index >= 15 is 0 Å². The fourth-order valence-electron chi connectivity index (χ4n) is 2.88. The average molecular weight is 339 g/mol. The summed E-state index contributed by atoms with van der Waals surface area (Å²) < 4.78 is 0. The molecule has 1 aromatic rings. The summed E-state index contributed by atoms with van der Waals surface area (Å²) in [5.41, 5.74) is 0.694. The van der Waals surface area contributed by atoms with E-state index in [2.05, 4.69) is 12.2 Å². The molecule has 0 aromatic heterocycles. The van der Waals surface area contributed by atoms with Gasteiger partial charge in [0.15, 0.2) is 5.78 Å². The second-order valence-corrected chi connectivity index (χ2v) is 5.92. The Morgan fingerprint density at radius 3 is 2.39 bits per heavy atom. The van der Waals surface area contributed by atoms with Gasteiger partial charge in [-0.05, 0) is 31.8 Å². The first-order valence-corrected chi connectivity index (χ1v) is 8.27. The summed E-state index contributed by atoms with van der Waals surface area (Å²) in [6.45, 7) is 5.82. The molecule has 0 atom stereocenters. The van der Waals surface area contributed by atoms with Gasteiger partial charge in [-0.1, -0.05) is 37.3 Å². The van der Waals surface area contributed by atoms with Gasteiger partial charge < -0.3 is 10.2 Å². The number of carbonyl (C=O) groups is 2. The highest BCUT2D eigenvalue weighted by Crippen LogP contribution is 2.17. The molecule has 1 aromatic carbocycles. The molecule has 128 valence electrons. The molecular formula is C18H27ClN2O2. The molecule has 4 nitrogen and oxygen atoms in total. The zero-order chi connectivity index (χ0) is 15.8. The van der Waals surface area contributed by atoms with Gasteiger partial charge in [0.2, 0.25) is 5.91 Å². The lowest BCUT2D eigenvalue weighted by Gasteiger charge is -2.32. The molecule has 23 heavy (non-hydrogen) atoms. The molecule has 1 amide bonds. The topological polar surface area (TPSA) is 49.4 Å². The van der Waals surface area contributed by atoms with E-state index in [1.807, 2.05) is 23.1 Å². The minimum absolute atomic E-state index is 0. The molecular weight excluding hydrogens is 312 g/mol. The number of ketones is 1. The van der Waals surface area contributed by atoms with Crippen LogP contribution in [0.15, 0.2) is 30.3 Å². The number of nitrogens with zero attached hydrogens (tertiary/aromatic N) is 1. The van der Waals surface area contributed by atoms with Crippen molar-refractivity contribution >= 4 is 24.1 Å². The van der Waals surface area contributed by atoms with Crippen molar-refractivity contribution in [2.24, 2.45) is 5.92 Å². The van der Waals surface area contributed by atoms with Crippen LogP contribution < -0.4 is 5.32 Å². The second kappa shape index (κ2) is 10.4. The molecule has 1 N–H and O–H groups in total. The summed E-state index contributed by atoms with van der Waals surface area (Å²) in [5, 5.41) is 3.37. The van der Waals surface area contributed by atoms with Crippen LogP contribution in [0, 0.1) is 5.92 Å². The molecule has 2 rings (SSSR count). The lowest BCUT2D eigenvalue weighted by Crippen LogP contribution is -2.40. The van der Waals surface area contributed by atoms with E-state index < -0.39 is 0 Å². The molecule has 1 saturated heterocycles. The summed E-state index contributed by atoms with van der Waals surface area (Å²) in [4.78, 5) is 26.2. The predicted molar refractivity (Wildman–Crippen MR) is 95.1 cm³/mol. The van der Waals surface area contributed by atoms with Crippen molar-refractivity contribution in [1.82, 2.24) is 10.2 Å². The highest BCUT2D eigenvalue weighted by atomic mass is 35.5. The van der Waals surface area contributed by atoms with Crippen molar-refractivity contribution in [3.63, 3.8) is 0 Å². The molecule has 1 aliphatic rings. The van der Waals surface area contributed by atoms with Gasteiger partial charge in [-0.15, -0.1) is 12.4 Å². The minimum atomic E-state index is 0. The monoisotopic (exact) mass is 338 g/mol. The quantitative estimate of drug-likeness (QED) is 0.778. The van der Waals surface area contributed by atoms with Gasteiger partial charge in [0.25, 0.3) is 0 Å². The van der Waals surface area contributed by atoms with Gasteiger partial charge in [-0.25, -0.2) is 0 Å². The van der Waals surface area contributed by atoms with Gasteiger partial charge in [0, 0.05) is 31.5 Å². The number of halogens is 1. The van der Waals surface area contributed by atoms with Gasteiger partial charge in [-0.2, -0.15) is 0 Å². The number of benzene rings is 1. The van der Waals surface area contributed by atoms with Crippen LogP contribution in [-0.4, -0.2) is 42.8 Å². The molecule has 0 spiro atoms. The Morgan fingerprint density at radius 1 is 1.13 bits per heavy atom. The summed E-state index contributed by atoms with van der Waals surface area (Å²) in [6.07, 6.45) is 2.75. The molecule has 0 bridgehead atoms. The van der Waals surface area contributed by atoms with E-state index in [0.717, 1.165) is 39.0 Å².